The third kappa shape index (κ3) is 2.99. The van der Waals surface area contributed by atoms with Crippen LogP contribution in [0.1, 0.15) is 0 Å². The van der Waals surface area contributed by atoms with Gasteiger partial charge in [0, 0.05) is 5.30 Å². The number of methoxy groups -OCH3 is 3. The lowest BCUT2D eigenvalue weighted by atomic mass is 10.3. The van der Waals surface area contributed by atoms with Crippen molar-refractivity contribution < 1.29 is 14.2 Å². The zero-order valence-corrected chi connectivity index (χ0v) is 12.3. The molecule has 0 aromatic heterocycles. The molecular formula is C15H17O3P. The lowest BCUT2D eigenvalue weighted by Crippen LogP contribution is -2.09. The van der Waals surface area contributed by atoms with Gasteiger partial charge in [-0.25, -0.2) is 0 Å². The largest absolute Gasteiger partial charge is 0.493 e. The summed E-state index contributed by atoms with van der Waals surface area (Å²) in [6.07, 6.45) is 0. The van der Waals surface area contributed by atoms with Crippen molar-refractivity contribution in [3.63, 3.8) is 0 Å². The second kappa shape index (κ2) is 6.44. The molecule has 4 heteroatoms. The molecule has 2 rings (SSSR count). The van der Waals surface area contributed by atoms with Crippen molar-refractivity contribution in [3.8, 4) is 17.2 Å². The van der Waals surface area contributed by atoms with E-state index >= 15 is 0 Å². The van der Waals surface area contributed by atoms with E-state index in [1.165, 1.54) is 5.30 Å². The predicted molar refractivity (Wildman–Crippen MR) is 80.1 cm³/mol. The molecule has 1 atom stereocenters. The fraction of sp³-hybridized carbons (Fsp3) is 0.200. The van der Waals surface area contributed by atoms with Gasteiger partial charge in [-0.15, -0.1) is 0 Å². The highest BCUT2D eigenvalue weighted by atomic mass is 31.1. The van der Waals surface area contributed by atoms with Crippen LogP contribution in [0.5, 0.6) is 17.2 Å². The van der Waals surface area contributed by atoms with Crippen LogP contribution >= 0.6 is 8.58 Å². The minimum atomic E-state index is 0.519. The lowest BCUT2D eigenvalue weighted by molar-refractivity contribution is 0.326. The molecule has 2 aromatic rings. The number of hydrogen-bond acceptors (Lipinski definition) is 3. The first-order valence-corrected chi connectivity index (χ1v) is 6.91. The summed E-state index contributed by atoms with van der Waals surface area (Å²) in [5, 5.41) is 2.36. The third-order valence-corrected chi connectivity index (χ3v) is 4.04. The maximum absolute atomic E-state index is 5.48. The van der Waals surface area contributed by atoms with Crippen molar-refractivity contribution in [2.75, 3.05) is 21.3 Å². The van der Waals surface area contributed by atoms with Crippen LogP contribution in [0.15, 0.2) is 42.5 Å². The Morgan fingerprint density at radius 1 is 0.737 bits per heavy atom. The van der Waals surface area contributed by atoms with Crippen LogP contribution in [-0.2, 0) is 0 Å². The molecule has 0 radical (unpaired) electrons. The van der Waals surface area contributed by atoms with E-state index in [1.807, 2.05) is 30.3 Å². The Hall–Kier alpha value is -1.73. The number of benzene rings is 2. The highest BCUT2D eigenvalue weighted by Gasteiger charge is 2.15. The van der Waals surface area contributed by atoms with E-state index in [0.29, 0.717) is 20.1 Å². The van der Waals surface area contributed by atoms with Crippen molar-refractivity contribution >= 4 is 19.2 Å². The Labute approximate surface area is 115 Å². The van der Waals surface area contributed by atoms with Gasteiger partial charge in [0.25, 0.3) is 0 Å². The summed E-state index contributed by atoms with van der Waals surface area (Å²) >= 11 is 0. The van der Waals surface area contributed by atoms with Gasteiger partial charge < -0.3 is 14.2 Å². The van der Waals surface area contributed by atoms with Crippen LogP contribution in [0.2, 0.25) is 0 Å². The number of ether oxygens (including phenoxy) is 3. The predicted octanol–water partition coefficient (Wildman–Crippen LogP) is 2.34. The van der Waals surface area contributed by atoms with Crippen molar-refractivity contribution in [2.24, 2.45) is 0 Å². The SMILES string of the molecule is COc1ccc(Pc2ccccc2)c(OC)c1OC. The van der Waals surface area contributed by atoms with Crippen molar-refractivity contribution in [3.05, 3.63) is 42.5 Å². The molecule has 3 nitrogen and oxygen atoms in total. The van der Waals surface area contributed by atoms with Gasteiger partial charge in [-0.2, -0.15) is 0 Å². The highest BCUT2D eigenvalue weighted by molar-refractivity contribution is 7.55. The van der Waals surface area contributed by atoms with Gasteiger partial charge in [-0.1, -0.05) is 38.9 Å². The zero-order chi connectivity index (χ0) is 13.7. The molecule has 0 fully saturated rings. The molecule has 0 amide bonds. The highest BCUT2D eigenvalue weighted by Crippen LogP contribution is 2.37. The van der Waals surface area contributed by atoms with Crippen LogP contribution in [0, 0.1) is 0 Å². The second-order valence-electron chi connectivity index (χ2n) is 3.87. The molecule has 0 aliphatic carbocycles. The molecule has 0 aliphatic heterocycles. The number of hydrogen-bond donors (Lipinski definition) is 0. The molecule has 2 aromatic carbocycles. The molecule has 0 saturated heterocycles. The van der Waals surface area contributed by atoms with Gasteiger partial charge in [0.05, 0.1) is 21.3 Å². The van der Waals surface area contributed by atoms with E-state index in [1.54, 1.807) is 21.3 Å². The van der Waals surface area contributed by atoms with Crippen LogP contribution in [0.25, 0.3) is 0 Å². The molecule has 0 saturated carbocycles. The summed E-state index contributed by atoms with van der Waals surface area (Å²) in [4.78, 5) is 0. The first kappa shape index (κ1) is 13.7. The summed E-state index contributed by atoms with van der Waals surface area (Å²) < 4.78 is 16.2. The first-order valence-electron chi connectivity index (χ1n) is 5.91. The minimum absolute atomic E-state index is 0.519. The Balaban J connectivity index is 2.40. The van der Waals surface area contributed by atoms with Gasteiger partial charge in [-0.05, 0) is 17.4 Å². The van der Waals surface area contributed by atoms with Crippen LogP contribution < -0.4 is 24.8 Å². The Bertz CT molecular complexity index is 541. The van der Waals surface area contributed by atoms with Gasteiger partial charge in [-0.3, -0.25) is 0 Å². The van der Waals surface area contributed by atoms with E-state index in [0.717, 1.165) is 11.1 Å². The molecule has 100 valence electrons. The lowest BCUT2D eigenvalue weighted by Gasteiger charge is -2.15. The van der Waals surface area contributed by atoms with E-state index in [4.69, 9.17) is 14.2 Å². The summed E-state index contributed by atoms with van der Waals surface area (Å²) in [5.74, 6) is 2.07. The Morgan fingerprint density at radius 2 is 1.42 bits per heavy atom. The quantitative estimate of drug-likeness (QED) is 0.785. The van der Waals surface area contributed by atoms with E-state index in [2.05, 4.69) is 12.1 Å². The van der Waals surface area contributed by atoms with E-state index in [9.17, 15) is 0 Å². The summed E-state index contributed by atoms with van der Waals surface area (Å²) in [5.41, 5.74) is 0. The monoisotopic (exact) mass is 276 g/mol. The topological polar surface area (TPSA) is 27.7 Å². The summed E-state index contributed by atoms with van der Waals surface area (Å²) in [7, 11) is 5.41. The maximum Gasteiger partial charge on any atom is 0.203 e. The van der Waals surface area contributed by atoms with E-state index in [-0.39, 0.29) is 0 Å². The zero-order valence-electron chi connectivity index (χ0n) is 11.3. The average molecular weight is 276 g/mol. The van der Waals surface area contributed by atoms with Crippen molar-refractivity contribution in [1.82, 2.24) is 0 Å². The second-order valence-corrected chi connectivity index (χ2v) is 5.24. The van der Waals surface area contributed by atoms with Gasteiger partial charge >= 0.3 is 0 Å². The normalized spacial score (nSPS) is 10.7. The summed E-state index contributed by atoms with van der Waals surface area (Å²) in [6.45, 7) is 0. The van der Waals surface area contributed by atoms with Gasteiger partial charge in [0.15, 0.2) is 11.5 Å². The molecular weight excluding hydrogens is 259 g/mol. The third-order valence-electron chi connectivity index (χ3n) is 2.76. The van der Waals surface area contributed by atoms with Gasteiger partial charge in [0.1, 0.15) is 0 Å². The fourth-order valence-corrected chi connectivity index (χ4v) is 3.04. The van der Waals surface area contributed by atoms with Crippen LogP contribution in [-0.4, -0.2) is 21.3 Å². The van der Waals surface area contributed by atoms with Crippen LogP contribution in [0.3, 0.4) is 0 Å². The molecule has 0 N–H and O–H groups in total. The molecule has 0 aliphatic rings. The molecule has 1 unspecified atom stereocenters. The molecule has 0 heterocycles. The average Bonchev–Trinajstić information content (AvgIpc) is 2.47. The van der Waals surface area contributed by atoms with Crippen molar-refractivity contribution in [1.29, 1.82) is 0 Å². The standard InChI is InChI=1S/C15H17O3P/c1-16-12-9-10-13(15(18-3)14(12)17-2)19-11-7-5-4-6-8-11/h4-10,19H,1-3H3. The number of rotatable bonds is 5. The first-order chi connectivity index (χ1) is 9.30. The smallest absolute Gasteiger partial charge is 0.203 e. The van der Waals surface area contributed by atoms with E-state index < -0.39 is 0 Å². The summed E-state index contributed by atoms with van der Waals surface area (Å²) in [6, 6.07) is 14.2. The maximum atomic E-state index is 5.48. The Morgan fingerprint density at radius 3 is 2.00 bits per heavy atom. The molecule has 0 spiro atoms. The molecule has 0 bridgehead atoms. The van der Waals surface area contributed by atoms with Crippen LogP contribution in [0.4, 0.5) is 0 Å². The molecule has 19 heavy (non-hydrogen) atoms. The minimum Gasteiger partial charge on any atom is -0.493 e. The fourth-order valence-electron chi connectivity index (χ4n) is 1.88. The van der Waals surface area contributed by atoms with Gasteiger partial charge in [0.2, 0.25) is 5.75 Å². The Kier molecular flexibility index (Phi) is 4.64. The van der Waals surface area contributed by atoms with Crippen molar-refractivity contribution in [2.45, 2.75) is 0 Å².